The normalized spacial score (nSPS) is 30.8. The first-order chi connectivity index (χ1) is 8.21. The van der Waals surface area contributed by atoms with Gasteiger partial charge in [-0.05, 0) is 12.1 Å². The van der Waals surface area contributed by atoms with Gasteiger partial charge in [0.25, 0.3) is 0 Å². The molecule has 1 aromatic rings. The number of aliphatic hydroxyl groups is 1. The molecule has 1 aliphatic heterocycles. The van der Waals surface area contributed by atoms with E-state index in [0.29, 0.717) is 12.1 Å². The molecule has 1 N–H and O–H groups in total. The predicted molar refractivity (Wildman–Crippen MR) is 59.9 cm³/mol. The van der Waals surface area contributed by atoms with Crippen molar-refractivity contribution in [3.63, 3.8) is 0 Å². The second-order valence-corrected chi connectivity index (χ2v) is 4.19. The van der Waals surface area contributed by atoms with E-state index in [9.17, 15) is 9.90 Å². The van der Waals surface area contributed by atoms with Gasteiger partial charge in [0.1, 0.15) is 0 Å². The van der Waals surface area contributed by atoms with E-state index < -0.39 is 11.7 Å². The third kappa shape index (κ3) is 1.49. The first-order valence-electron chi connectivity index (χ1n) is 5.44. The maximum Gasteiger partial charge on any atom is 0.332 e. The number of esters is 1. The third-order valence-electron chi connectivity index (χ3n) is 3.09. The number of ether oxygens (including phenoxy) is 1. The zero-order valence-electron chi connectivity index (χ0n) is 9.04. The number of carbonyl (C=O) groups is 1. The molecule has 0 bridgehead atoms. The maximum atomic E-state index is 11.5. The average molecular weight is 229 g/mol. The number of aromatic nitrogens is 1. The fraction of sp³-hybridized carbons (Fsp3) is 0.231. The van der Waals surface area contributed by atoms with Crippen LogP contribution >= 0.6 is 0 Å². The van der Waals surface area contributed by atoms with Crippen molar-refractivity contribution in [2.45, 2.75) is 18.1 Å². The van der Waals surface area contributed by atoms with E-state index in [-0.39, 0.29) is 5.97 Å². The molecule has 0 unspecified atom stereocenters. The summed E-state index contributed by atoms with van der Waals surface area (Å²) in [5.74, 6) is -0.385. The van der Waals surface area contributed by atoms with Gasteiger partial charge in [-0.15, -0.1) is 0 Å². The SMILES string of the molecule is O=C1C=C2C=C[C@H](O)C[C@]2(c2ccccn2)O1. The summed E-state index contributed by atoms with van der Waals surface area (Å²) in [4.78, 5) is 15.7. The molecule has 1 aliphatic carbocycles. The summed E-state index contributed by atoms with van der Waals surface area (Å²) in [6.07, 6.45) is 6.19. The van der Waals surface area contributed by atoms with Crippen LogP contribution in [0.15, 0.2) is 48.2 Å². The Kier molecular flexibility index (Phi) is 2.12. The van der Waals surface area contributed by atoms with Gasteiger partial charge in [0.05, 0.1) is 11.8 Å². The van der Waals surface area contributed by atoms with Crippen molar-refractivity contribution in [3.05, 3.63) is 53.9 Å². The second kappa shape index (κ2) is 3.53. The smallest absolute Gasteiger partial charge is 0.332 e. The van der Waals surface area contributed by atoms with E-state index in [0.717, 1.165) is 5.57 Å². The zero-order valence-corrected chi connectivity index (χ0v) is 9.04. The van der Waals surface area contributed by atoms with Crippen LogP contribution in [0.25, 0.3) is 0 Å². The molecule has 86 valence electrons. The molecule has 0 aromatic carbocycles. The van der Waals surface area contributed by atoms with Gasteiger partial charge in [-0.25, -0.2) is 4.79 Å². The number of hydrogen-bond acceptors (Lipinski definition) is 4. The van der Waals surface area contributed by atoms with Crippen molar-refractivity contribution in [2.75, 3.05) is 0 Å². The monoisotopic (exact) mass is 229 g/mol. The lowest BCUT2D eigenvalue weighted by Gasteiger charge is -2.33. The quantitative estimate of drug-likeness (QED) is 0.732. The number of hydrogen-bond donors (Lipinski definition) is 1. The lowest BCUT2D eigenvalue weighted by atomic mass is 9.81. The maximum absolute atomic E-state index is 11.5. The number of carbonyl (C=O) groups excluding carboxylic acids is 1. The molecule has 4 nitrogen and oxygen atoms in total. The molecule has 1 aromatic heterocycles. The van der Waals surface area contributed by atoms with Crippen LogP contribution in [0.5, 0.6) is 0 Å². The van der Waals surface area contributed by atoms with E-state index in [1.807, 2.05) is 6.07 Å². The summed E-state index contributed by atoms with van der Waals surface area (Å²) in [7, 11) is 0. The summed E-state index contributed by atoms with van der Waals surface area (Å²) >= 11 is 0. The van der Waals surface area contributed by atoms with Crippen LogP contribution in [-0.4, -0.2) is 22.2 Å². The lowest BCUT2D eigenvalue weighted by molar-refractivity contribution is -0.149. The molecular weight excluding hydrogens is 218 g/mol. The third-order valence-corrected chi connectivity index (χ3v) is 3.09. The van der Waals surface area contributed by atoms with Gasteiger partial charge in [0.15, 0.2) is 5.60 Å². The number of pyridine rings is 1. The van der Waals surface area contributed by atoms with Crippen molar-refractivity contribution < 1.29 is 14.6 Å². The minimum atomic E-state index is -0.910. The Morgan fingerprint density at radius 3 is 3.12 bits per heavy atom. The Balaban J connectivity index is 2.14. The van der Waals surface area contributed by atoms with Gasteiger partial charge in [-0.1, -0.05) is 18.2 Å². The summed E-state index contributed by atoms with van der Waals surface area (Å²) in [6.45, 7) is 0. The van der Waals surface area contributed by atoms with Gasteiger partial charge < -0.3 is 9.84 Å². The van der Waals surface area contributed by atoms with Crippen LogP contribution in [0.2, 0.25) is 0 Å². The molecule has 2 aliphatic rings. The lowest BCUT2D eigenvalue weighted by Crippen LogP contribution is -2.36. The fourth-order valence-corrected chi connectivity index (χ4v) is 2.33. The van der Waals surface area contributed by atoms with E-state index in [1.54, 1.807) is 30.5 Å². The second-order valence-electron chi connectivity index (χ2n) is 4.19. The van der Waals surface area contributed by atoms with Crippen molar-refractivity contribution in [3.8, 4) is 0 Å². The van der Waals surface area contributed by atoms with E-state index in [4.69, 9.17) is 4.74 Å². The van der Waals surface area contributed by atoms with Crippen molar-refractivity contribution in [2.24, 2.45) is 0 Å². The summed E-state index contributed by atoms with van der Waals surface area (Å²) in [5.41, 5.74) is 0.499. The highest BCUT2D eigenvalue weighted by Crippen LogP contribution is 2.44. The van der Waals surface area contributed by atoms with Gasteiger partial charge in [-0.3, -0.25) is 4.98 Å². The molecular formula is C13H11NO3. The van der Waals surface area contributed by atoms with E-state index >= 15 is 0 Å². The Bertz CT molecular complexity index is 521. The molecule has 2 atom stereocenters. The first kappa shape index (κ1) is 10.2. The highest BCUT2D eigenvalue weighted by Gasteiger charge is 2.47. The van der Waals surface area contributed by atoms with Gasteiger partial charge >= 0.3 is 5.97 Å². The topological polar surface area (TPSA) is 59.4 Å². The predicted octanol–water partition coefficient (Wildman–Crippen LogP) is 1.08. The Hall–Kier alpha value is -1.94. The molecule has 0 radical (unpaired) electrons. The largest absolute Gasteiger partial charge is 0.444 e. The van der Waals surface area contributed by atoms with Gasteiger partial charge in [0.2, 0.25) is 0 Å². The Morgan fingerprint density at radius 2 is 2.35 bits per heavy atom. The Morgan fingerprint density at radius 1 is 1.47 bits per heavy atom. The van der Waals surface area contributed by atoms with Gasteiger partial charge in [0, 0.05) is 24.3 Å². The molecule has 2 heterocycles. The zero-order chi connectivity index (χ0) is 11.9. The van der Waals surface area contributed by atoms with E-state index in [1.165, 1.54) is 6.08 Å². The minimum absolute atomic E-state index is 0.318. The standard InChI is InChI=1S/C13H11NO3/c15-10-5-4-9-7-12(16)17-13(9,8-10)11-3-1-2-6-14-11/h1-7,10,15H,8H2/t10-,13-/m0/s1. The van der Waals surface area contributed by atoms with E-state index in [2.05, 4.69) is 4.98 Å². The van der Waals surface area contributed by atoms with Crippen LogP contribution in [0.1, 0.15) is 12.1 Å². The van der Waals surface area contributed by atoms with Crippen LogP contribution in [0.4, 0.5) is 0 Å². The summed E-state index contributed by atoms with van der Waals surface area (Å²) in [6, 6.07) is 5.44. The van der Waals surface area contributed by atoms with Crippen molar-refractivity contribution >= 4 is 5.97 Å². The summed E-state index contributed by atoms with van der Waals surface area (Å²) in [5, 5.41) is 9.74. The number of aliphatic hydroxyl groups excluding tert-OH is 1. The van der Waals surface area contributed by atoms with Crippen molar-refractivity contribution in [1.29, 1.82) is 0 Å². The van der Waals surface area contributed by atoms with Crippen LogP contribution < -0.4 is 0 Å². The van der Waals surface area contributed by atoms with Crippen LogP contribution in [-0.2, 0) is 15.1 Å². The molecule has 3 rings (SSSR count). The number of rotatable bonds is 1. The highest BCUT2D eigenvalue weighted by atomic mass is 16.6. The number of nitrogens with zero attached hydrogens (tertiary/aromatic N) is 1. The van der Waals surface area contributed by atoms with Gasteiger partial charge in [-0.2, -0.15) is 0 Å². The van der Waals surface area contributed by atoms with Crippen LogP contribution in [0.3, 0.4) is 0 Å². The average Bonchev–Trinajstić information content (AvgIpc) is 2.67. The molecule has 0 saturated heterocycles. The molecule has 0 spiro atoms. The highest BCUT2D eigenvalue weighted by molar-refractivity contribution is 5.88. The molecule has 0 fully saturated rings. The minimum Gasteiger partial charge on any atom is -0.444 e. The van der Waals surface area contributed by atoms with Crippen LogP contribution in [0, 0.1) is 0 Å². The molecule has 17 heavy (non-hydrogen) atoms. The molecule has 4 heteroatoms. The molecule has 0 amide bonds. The molecule has 0 saturated carbocycles. The van der Waals surface area contributed by atoms with Crippen molar-refractivity contribution in [1.82, 2.24) is 4.98 Å². The fourth-order valence-electron chi connectivity index (χ4n) is 2.33. The summed E-state index contributed by atoms with van der Waals surface area (Å²) < 4.78 is 5.40. The first-order valence-corrected chi connectivity index (χ1v) is 5.44. The Labute approximate surface area is 98.2 Å². The number of fused-ring (bicyclic) bond motifs is 1.